The summed E-state index contributed by atoms with van der Waals surface area (Å²) in [4.78, 5) is 30.3. The van der Waals surface area contributed by atoms with E-state index in [1.54, 1.807) is 12.1 Å². The summed E-state index contributed by atoms with van der Waals surface area (Å²) in [5, 5.41) is 10.3. The van der Waals surface area contributed by atoms with Gasteiger partial charge in [0.2, 0.25) is 5.88 Å². The number of nitrogens with one attached hydrogen (secondary N) is 1. The van der Waals surface area contributed by atoms with Gasteiger partial charge in [0.25, 0.3) is 5.56 Å². The molecule has 26 heavy (non-hydrogen) atoms. The monoisotopic (exact) mass is 353 g/mol. The Morgan fingerprint density at radius 3 is 2.69 bits per heavy atom. The van der Waals surface area contributed by atoms with Crippen LogP contribution in [0, 0.1) is 0 Å². The number of rotatable bonds is 7. The fraction of sp³-hybridized carbons (Fsp3) is 0.211. The number of aryl methyl sites for hydroxylation is 1. The molecule has 134 valence electrons. The molecule has 0 aliphatic heterocycles. The van der Waals surface area contributed by atoms with Crippen LogP contribution in [-0.2, 0) is 13.0 Å². The lowest BCUT2D eigenvalue weighted by Gasteiger charge is -2.07. The van der Waals surface area contributed by atoms with Crippen LogP contribution in [0.5, 0.6) is 5.88 Å². The van der Waals surface area contributed by atoms with Crippen molar-refractivity contribution >= 4 is 6.21 Å². The van der Waals surface area contributed by atoms with Crippen LogP contribution < -0.4 is 11.2 Å². The van der Waals surface area contributed by atoms with E-state index in [9.17, 15) is 14.7 Å². The average molecular weight is 353 g/mol. The van der Waals surface area contributed by atoms with E-state index >= 15 is 0 Å². The van der Waals surface area contributed by atoms with Crippen molar-refractivity contribution in [3.05, 3.63) is 86.5 Å². The molecule has 0 atom stereocenters. The van der Waals surface area contributed by atoms with Gasteiger partial charge in [-0.25, -0.2) is 4.79 Å². The van der Waals surface area contributed by atoms with E-state index < -0.39 is 17.1 Å². The Morgan fingerprint density at radius 2 is 1.96 bits per heavy atom. The summed E-state index contributed by atoms with van der Waals surface area (Å²) in [6.07, 6.45) is 4.46. The molecule has 0 bridgehead atoms. The second-order valence-corrected chi connectivity index (χ2v) is 5.79. The first-order valence-electron chi connectivity index (χ1n) is 8.27. The lowest BCUT2D eigenvalue weighted by molar-refractivity contribution is 0.392. The summed E-state index contributed by atoms with van der Waals surface area (Å²) in [5.74, 6) is 0.0576. The maximum Gasteiger partial charge on any atom is 0.331 e. The Labute approximate surface area is 149 Å². The minimum atomic E-state index is -0.704. The molecule has 0 aliphatic carbocycles. The highest BCUT2D eigenvalue weighted by Gasteiger charge is 2.13. The molecule has 0 aliphatic rings. The number of furan rings is 1. The Bertz CT molecular complexity index is 986. The molecule has 3 aromatic rings. The molecule has 7 nitrogen and oxygen atoms in total. The van der Waals surface area contributed by atoms with Crippen LogP contribution in [0.3, 0.4) is 0 Å². The van der Waals surface area contributed by atoms with E-state index in [-0.39, 0.29) is 12.1 Å². The molecule has 2 N–H and O–H groups in total. The van der Waals surface area contributed by atoms with E-state index in [0.29, 0.717) is 12.3 Å². The van der Waals surface area contributed by atoms with Gasteiger partial charge in [-0.3, -0.25) is 19.3 Å². The molecule has 0 saturated carbocycles. The Morgan fingerprint density at radius 1 is 1.15 bits per heavy atom. The predicted octanol–water partition coefficient (Wildman–Crippen LogP) is 1.94. The Kier molecular flexibility index (Phi) is 5.48. The standard InChI is InChI=1S/C19H19N3O4/c23-17-16(12-20-10-4-8-14-6-2-1-3-7-14)18(24)22(19(25)21-17)13-15-9-5-11-26-15/h1-3,5-7,9,11-12,24H,4,8,10,13H2,(H,21,23,25). The molecule has 2 heterocycles. The van der Waals surface area contributed by atoms with Gasteiger partial charge in [0, 0.05) is 12.8 Å². The number of aromatic amines is 1. The van der Waals surface area contributed by atoms with Crippen molar-refractivity contribution in [3.8, 4) is 5.88 Å². The van der Waals surface area contributed by atoms with Crippen molar-refractivity contribution in [1.82, 2.24) is 9.55 Å². The Balaban J connectivity index is 1.70. The molecule has 0 fully saturated rings. The van der Waals surface area contributed by atoms with Crippen molar-refractivity contribution < 1.29 is 9.52 Å². The zero-order valence-corrected chi connectivity index (χ0v) is 14.1. The molecule has 0 saturated heterocycles. The summed E-state index contributed by atoms with van der Waals surface area (Å²) >= 11 is 0. The minimum absolute atomic E-state index is 0.0172. The smallest absolute Gasteiger partial charge is 0.331 e. The van der Waals surface area contributed by atoms with Gasteiger partial charge in [0.05, 0.1) is 12.8 Å². The Hall–Kier alpha value is -3.35. The predicted molar refractivity (Wildman–Crippen MR) is 98.0 cm³/mol. The van der Waals surface area contributed by atoms with Crippen molar-refractivity contribution in [3.63, 3.8) is 0 Å². The summed E-state index contributed by atoms with van der Waals surface area (Å²) in [6, 6.07) is 13.4. The maximum atomic E-state index is 12.0. The number of aromatic nitrogens is 2. The largest absolute Gasteiger partial charge is 0.494 e. The molecule has 0 unspecified atom stereocenters. The van der Waals surface area contributed by atoms with E-state index in [0.717, 1.165) is 17.4 Å². The van der Waals surface area contributed by atoms with E-state index in [4.69, 9.17) is 4.42 Å². The van der Waals surface area contributed by atoms with Crippen LogP contribution in [0.25, 0.3) is 0 Å². The number of hydrogen-bond donors (Lipinski definition) is 2. The molecule has 0 amide bonds. The number of hydrogen-bond acceptors (Lipinski definition) is 5. The first kappa shape index (κ1) is 17.5. The molecule has 2 aromatic heterocycles. The molecule has 3 rings (SSSR count). The van der Waals surface area contributed by atoms with Crippen molar-refractivity contribution in [1.29, 1.82) is 0 Å². The maximum absolute atomic E-state index is 12.0. The van der Waals surface area contributed by atoms with Gasteiger partial charge in [-0.1, -0.05) is 30.3 Å². The molecule has 0 spiro atoms. The van der Waals surface area contributed by atoms with Gasteiger partial charge >= 0.3 is 5.69 Å². The lowest BCUT2D eigenvalue weighted by Crippen LogP contribution is -2.32. The highest BCUT2D eigenvalue weighted by atomic mass is 16.3. The number of H-pyrrole nitrogens is 1. The van der Waals surface area contributed by atoms with Crippen LogP contribution in [0.2, 0.25) is 0 Å². The summed E-state index contributed by atoms with van der Waals surface area (Å²) in [7, 11) is 0. The third-order valence-electron chi connectivity index (χ3n) is 3.92. The average Bonchev–Trinajstić information content (AvgIpc) is 3.15. The number of aromatic hydroxyl groups is 1. The zero-order chi connectivity index (χ0) is 18.4. The van der Waals surface area contributed by atoms with Crippen molar-refractivity contribution in [2.45, 2.75) is 19.4 Å². The van der Waals surface area contributed by atoms with Gasteiger partial charge in [0.1, 0.15) is 11.3 Å². The minimum Gasteiger partial charge on any atom is -0.494 e. The molecular weight excluding hydrogens is 334 g/mol. The fourth-order valence-electron chi connectivity index (χ4n) is 2.57. The number of benzene rings is 1. The quantitative estimate of drug-likeness (QED) is 0.501. The van der Waals surface area contributed by atoms with Crippen molar-refractivity contribution in [2.24, 2.45) is 4.99 Å². The van der Waals surface area contributed by atoms with Gasteiger partial charge in [0.15, 0.2) is 0 Å². The van der Waals surface area contributed by atoms with Crippen LogP contribution >= 0.6 is 0 Å². The lowest BCUT2D eigenvalue weighted by atomic mass is 10.1. The third kappa shape index (κ3) is 4.18. The SMILES string of the molecule is O=c1[nH]c(=O)n(Cc2ccco2)c(O)c1C=NCCCc1ccccc1. The third-order valence-corrected chi connectivity index (χ3v) is 3.92. The van der Waals surface area contributed by atoms with E-state index in [1.165, 1.54) is 18.0 Å². The van der Waals surface area contributed by atoms with Crippen molar-refractivity contribution in [2.75, 3.05) is 6.54 Å². The van der Waals surface area contributed by atoms with Crippen LogP contribution in [0.15, 0.2) is 67.7 Å². The second kappa shape index (κ2) is 8.15. The highest BCUT2D eigenvalue weighted by Crippen LogP contribution is 2.11. The van der Waals surface area contributed by atoms with Gasteiger partial charge < -0.3 is 9.52 Å². The molecule has 1 aromatic carbocycles. The number of aliphatic imine (C=N–C) groups is 1. The van der Waals surface area contributed by atoms with Gasteiger partial charge in [-0.05, 0) is 30.5 Å². The molecule has 0 radical (unpaired) electrons. The summed E-state index contributed by atoms with van der Waals surface area (Å²) in [5.41, 5.74) is -0.202. The van der Waals surface area contributed by atoms with Gasteiger partial charge in [-0.2, -0.15) is 0 Å². The van der Waals surface area contributed by atoms with Gasteiger partial charge in [-0.15, -0.1) is 0 Å². The first-order chi connectivity index (χ1) is 12.6. The second-order valence-electron chi connectivity index (χ2n) is 5.79. The fourth-order valence-corrected chi connectivity index (χ4v) is 2.57. The zero-order valence-electron chi connectivity index (χ0n) is 14.1. The highest BCUT2D eigenvalue weighted by molar-refractivity contribution is 5.81. The first-order valence-corrected chi connectivity index (χ1v) is 8.27. The summed E-state index contributed by atoms with van der Waals surface area (Å²) < 4.78 is 6.21. The van der Waals surface area contributed by atoms with Crippen LogP contribution in [0.1, 0.15) is 23.3 Å². The topological polar surface area (TPSA) is 101 Å². The summed E-state index contributed by atoms with van der Waals surface area (Å²) in [6.45, 7) is 0.522. The van der Waals surface area contributed by atoms with Crippen LogP contribution in [0.4, 0.5) is 0 Å². The van der Waals surface area contributed by atoms with E-state index in [1.807, 2.05) is 30.3 Å². The number of nitrogens with zero attached hydrogens (tertiary/aromatic N) is 2. The van der Waals surface area contributed by atoms with Crippen LogP contribution in [-0.4, -0.2) is 27.4 Å². The molecular formula is C19H19N3O4. The normalized spacial score (nSPS) is 11.2. The molecule has 7 heteroatoms. The van der Waals surface area contributed by atoms with E-state index in [2.05, 4.69) is 9.98 Å².